The number of carbonyl (C=O) groups excluding carboxylic acids is 1. The van der Waals surface area contributed by atoms with Crippen LogP contribution in [0.2, 0.25) is 0 Å². The molecule has 1 aliphatic heterocycles. The highest BCUT2D eigenvalue weighted by atomic mass is 16.5. The SMILES string of the molecule is CC(C)c1noc2ncc(C(=O)NCC(C)(C)N3C[C@H](C)O[C@@H](C)C3)cc12. The Labute approximate surface area is 160 Å². The second-order valence-electron chi connectivity index (χ2n) is 8.46. The minimum Gasteiger partial charge on any atom is -0.373 e. The number of hydrogen-bond acceptors (Lipinski definition) is 6. The van der Waals surface area contributed by atoms with Gasteiger partial charge in [-0.05, 0) is 39.7 Å². The number of amides is 1. The van der Waals surface area contributed by atoms with E-state index in [0.717, 1.165) is 24.2 Å². The van der Waals surface area contributed by atoms with Crippen molar-refractivity contribution < 1.29 is 14.1 Å². The Morgan fingerprint density at radius 2 is 2.00 bits per heavy atom. The van der Waals surface area contributed by atoms with Crippen LogP contribution < -0.4 is 5.32 Å². The summed E-state index contributed by atoms with van der Waals surface area (Å²) in [5.41, 5.74) is 1.64. The number of nitrogens with zero attached hydrogens (tertiary/aromatic N) is 3. The van der Waals surface area contributed by atoms with E-state index >= 15 is 0 Å². The first kappa shape index (κ1) is 19.8. The molecule has 1 amide bonds. The molecule has 2 aromatic rings. The molecule has 7 heteroatoms. The van der Waals surface area contributed by atoms with E-state index in [2.05, 4.69) is 48.1 Å². The second-order valence-corrected chi connectivity index (χ2v) is 8.46. The third-order valence-electron chi connectivity index (χ3n) is 5.12. The third kappa shape index (κ3) is 4.30. The monoisotopic (exact) mass is 374 g/mol. The van der Waals surface area contributed by atoms with Gasteiger partial charge in [0.15, 0.2) is 0 Å². The normalized spacial score (nSPS) is 21.7. The third-order valence-corrected chi connectivity index (χ3v) is 5.12. The van der Waals surface area contributed by atoms with Crippen molar-refractivity contribution in [1.82, 2.24) is 20.4 Å². The van der Waals surface area contributed by atoms with Gasteiger partial charge in [0.05, 0.1) is 28.9 Å². The second kappa shape index (κ2) is 7.56. The Kier molecular flexibility index (Phi) is 5.53. The van der Waals surface area contributed by atoms with Crippen LogP contribution in [0.5, 0.6) is 0 Å². The van der Waals surface area contributed by atoms with Crippen molar-refractivity contribution in [2.24, 2.45) is 0 Å². The van der Waals surface area contributed by atoms with E-state index in [9.17, 15) is 4.79 Å². The minimum absolute atomic E-state index is 0.136. The van der Waals surface area contributed by atoms with Gasteiger partial charge in [0, 0.05) is 31.4 Å². The zero-order chi connectivity index (χ0) is 19.8. The number of ether oxygens (including phenoxy) is 1. The molecule has 2 aromatic heterocycles. The van der Waals surface area contributed by atoms with Crippen LogP contribution in [0.15, 0.2) is 16.8 Å². The van der Waals surface area contributed by atoms with Gasteiger partial charge in [0.2, 0.25) is 0 Å². The molecular formula is C20H30N4O3. The first-order valence-electron chi connectivity index (χ1n) is 9.61. The summed E-state index contributed by atoms with van der Waals surface area (Å²) < 4.78 is 11.1. The number of carbonyl (C=O) groups is 1. The molecule has 0 spiro atoms. The van der Waals surface area contributed by atoms with Gasteiger partial charge in [-0.15, -0.1) is 0 Å². The Morgan fingerprint density at radius 3 is 2.63 bits per heavy atom. The van der Waals surface area contributed by atoms with Crippen molar-refractivity contribution in [2.45, 2.75) is 65.2 Å². The predicted octanol–water partition coefficient (Wildman–Crippen LogP) is 2.96. The fourth-order valence-electron chi connectivity index (χ4n) is 3.57. The molecule has 1 aliphatic rings. The van der Waals surface area contributed by atoms with Gasteiger partial charge in [-0.3, -0.25) is 9.69 Å². The van der Waals surface area contributed by atoms with Crippen LogP contribution >= 0.6 is 0 Å². The van der Waals surface area contributed by atoms with Crippen LogP contribution in [-0.2, 0) is 4.74 Å². The molecule has 7 nitrogen and oxygen atoms in total. The van der Waals surface area contributed by atoms with E-state index in [4.69, 9.17) is 9.26 Å². The number of fused-ring (bicyclic) bond motifs is 1. The number of morpholine rings is 1. The summed E-state index contributed by atoms with van der Waals surface area (Å²) >= 11 is 0. The van der Waals surface area contributed by atoms with Crippen LogP contribution in [0.3, 0.4) is 0 Å². The number of pyridine rings is 1. The maximum atomic E-state index is 12.7. The van der Waals surface area contributed by atoms with E-state index in [1.165, 1.54) is 0 Å². The summed E-state index contributed by atoms with van der Waals surface area (Å²) in [5, 5.41) is 7.93. The predicted molar refractivity (Wildman–Crippen MR) is 104 cm³/mol. The highest BCUT2D eigenvalue weighted by Crippen LogP contribution is 2.24. The number of rotatable bonds is 5. The molecule has 3 rings (SSSR count). The molecule has 3 heterocycles. The fourth-order valence-corrected chi connectivity index (χ4v) is 3.57. The molecular weight excluding hydrogens is 344 g/mol. The van der Waals surface area contributed by atoms with Crippen LogP contribution in [0, 0.1) is 0 Å². The van der Waals surface area contributed by atoms with Gasteiger partial charge in [0.25, 0.3) is 11.6 Å². The number of hydrogen-bond donors (Lipinski definition) is 1. The Morgan fingerprint density at radius 1 is 1.33 bits per heavy atom. The van der Waals surface area contributed by atoms with E-state index in [0.29, 0.717) is 17.8 Å². The zero-order valence-corrected chi connectivity index (χ0v) is 17.1. The molecule has 1 fully saturated rings. The van der Waals surface area contributed by atoms with Crippen molar-refractivity contribution >= 4 is 17.0 Å². The topological polar surface area (TPSA) is 80.5 Å². The van der Waals surface area contributed by atoms with Crippen LogP contribution in [0.25, 0.3) is 11.1 Å². The first-order valence-corrected chi connectivity index (χ1v) is 9.61. The first-order chi connectivity index (χ1) is 12.7. The van der Waals surface area contributed by atoms with Gasteiger partial charge in [-0.1, -0.05) is 19.0 Å². The van der Waals surface area contributed by atoms with Crippen molar-refractivity contribution in [3.63, 3.8) is 0 Å². The molecule has 0 bridgehead atoms. The minimum atomic E-state index is -0.167. The van der Waals surface area contributed by atoms with Gasteiger partial charge in [-0.25, -0.2) is 4.98 Å². The largest absolute Gasteiger partial charge is 0.373 e. The molecule has 2 atom stereocenters. The van der Waals surface area contributed by atoms with Gasteiger partial charge >= 0.3 is 0 Å². The van der Waals surface area contributed by atoms with Crippen LogP contribution in [0.1, 0.15) is 63.5 Å². The smallest absolute Gasteiger partial charge is 0.257 e. The van der Waals surface area contributed by atoms with Crippen LogP contribution in [0.4, 0.5) is 0 Å². The lowest BCUT2D eigenvalue weighted by Crippen LogP contribution is -2.58. The molecule has 1 N–H and O–H groups in total. The van der Waals surface area contributed by atoms with E-state index in [1.54, 1.807) is 6.20 Å². The van der Waals surface area contributed by atoms with Crippen LogP contribution in [-0.4, -0.2) is 58.3 Å². The molecule has 0 aromatic carbocycles. The molecule has 148 valence electrons. The van der Waals surface area contributed by atoms with Gasteiger partial charge in [-0.2, -0.15) is 0 Å². The molecule has 27 heavy (non-hydrogen) atoms. The highest BCUT2D eigenvalue weighted by molar-refractivity contribution is 5.97. The van der Waals surface area contributed by atoms with Gasteiger partial charge < -0.3 is 14.6 Å². The fraction of sp³-hybridized carbons (Fsp3) is 0.650. The quantitative estimate of drug-likeness (QED) is 0.867. The Hall–Kier alpha value is -1.99. The molecule has 0 aliphatic carbocycles. The lowest BCUT2D eigenvalue weighted by atomic mass is 10.00. The van der Waals surface area contributed by atoms with Crippen molar-refractivity contribution in [1.29, 1.82) is 0 Å². The summed E-state index contributed by atoms with van der Waals surface area (Å²) in [7, 11) is 0. The number of nitrogens with one attached hydrogen (secondary N) is 1. The Bertz CT molecular complexity index is 805. The summed E-state index contributed by atoms with van der Waals surface area (Å²) in [6, 6.07) is 1.81. The molecule has 1 saturated heterocycles. The lowest BCUT2D eigenvalue weighted by molar-refractivity contribution is -0.0948. The average Bonchev–Trinajstić information content (AvgIpc) is 3.02. The van der Waals surface area contributed by atoms with E-state index < -0.39 is 0 Å². The maximum Gasteiger partial charge on any atom is 0.257 e. The molecule has 0 unspecified atom stereocenters. The zero-order valence-electron chi connectivity index (χ0n) is 17.1. The molecule has 0 radical (unpaired) electrons. The summed E-state index contributed by atoms with van der Waals surface area (Å²) in [4.78, 5) is 19.3. The standard InChI is InChI=1S/C20H30N4O3/c1-12(2)17-16-7-15(8-21-19(16)27-23-17)18(25)22-11-20(5,6)24-9-13(3)26-14(4)10-24/h7-8,12-14H,9-11H2,1-6H3,(H,22,25)/t13-,14-/m0/s1. The summed E-state index contributed by atoms with van der Waals surface area (Å²) in [5.74, 6) is 0.0679. The van der Waals surface area contributed by atoms with Crippen molar-refractivity contribution in [3.8, 4) is 0 Å². The summed E-state index contributed by atoms with van der Waals surface area (Å²) in [6.45, 7) is 14.8. The van der Waals surface area contributed by atoms with E-state index in [1.807, 2.05) is 19.9 Å². The average molecular weight is 374 g/mol. The molecule has 0 saturated carbocycles. The van der Waals surface area contributed by atoms with Gasteiger partial charge in [0.1, 0.15) is 0 Å². The lowest BCUT2D eigenvalue weighted by Gasteiger charge is -2.45. The summed E-state index contributed by atoms with van der Waals surface area (Å²) in [6.07, 6.45) is 1.93. The maximum absolute atomic E-state index is 12.7. The van der Waals surface area contributed by atoms with Crippen molar-refractivity contribution in [2.75, 3.05) is 19.6 Å². The number of aromatic nitrogens is 2. The Balaban J connectivity index is 1.69. The highest BCUT2D eigenvalue weighted by Gasteiger charge is 2.33. The van der Waals surface area contributed by atoms with Crippen molar-refractivity contribution in [3.05, 3.63) is 23.5 Å². The van der Waals surface area contributed by atoms with E-state index in [-0.39, 0.29) is 29.6 Å².